The second kappa shape index (κ2) is 9.57. The maximum absolute atomic E-state index is 11.6. The van der Waals surface area contributed by atoms with Crippen molar-refractivity contribution in [3.05, 3.63) is 28.5 Å². The predicted molar refractivity (Wildman–Crippen MR) is 72.9 cm³/mol. The van der Waals surface area contributed by atoms with Crippen LogP contribution >= 0.6 is 15.9 Å². The molecule has 7 heteroatoms. The summed E-state index contributed by atoms with van der Waals surface area (Å²) in [6, 6.07) is 1.69. The monoisotopic (exact) mass is 355 g/mol. The van der Waals surface area contributed by atoms with Crippen LogP contribution in [0.2, 0.25) is 0 Å². The summed E-state index contributed by atoms with van der Waals surface area (Å²) in [6.07, 6.45) is 3.90. The number of carbonyl (C=O) groups excluding carboxylic acids is 1. The summed E-state index contributed by atoms with van der Waals surface area (Å²) in [5.74, 6) is -0.339. The molecule has 0 bridgehead atoms. The minimum absolute atomic E-state index is 0. The molecule has 0 aliphatic carbocycles. The molecular formula is C12H19BrKN3O2+2. The fourth-order valence-electron chi connectivity index (χ4n) is 1.26. The number of pyridine rings is 1. The van der Waals surface area contributed by atoms with Crippen LogP contribution in [-0.2, 0) is 4.74 Å². The first-order valence-electron chi connectivity index (χ1n) is 5.73. The summed E-state index contributed by atoms with van der Waals surface area (Å²) in [5, 5.41) is 0. The van der Waals surface area contributed by atoms with Gasteiger partial charge in [0.05, 0.1) is 33.3 Å². The van der Waals surface area contributed by atoms with Gasteiger partial charge in [-0.25, -0.2) is 4.79 Å². The Morgan fingerprint density at radius 2 is 2.11 bits per heavy atom. The van der Waals surface area contributed by atoms with Crippen molar-refractivity contribution in [2.45, 2.75) is 6.42 Å². The fourth-order valence-corrected chi connectivity index (χ4v) is 1.62. The largest absolute Gasteiger partial charge is 1.00 e. The molecule has 0 fully saturated rings. The molecule has 0 aliphatic rings. The van der Waals surface area contributed by atoms with Gasteiger partial charge in [-0.15, -0.1) is 0 Å². The molecule has 1 aromatic heterocycles. The van der Waals surface area contributed by atoms with Crippen LogP contribution in [0.5, 0.6) is 0 Å². The van der Waals surface area contributed by atoms with Crippen LogP contribution in [0.4, 0.5) is 0 Å². The van der Waals surface area contributed by atoms with E-state index >= 15 is 0 Å². The Hall–Kier alpha value is 0.656. The van der Waals surface area contributed by atoms with Crippen molar-refractivity contribution in [1.29, 1.82) is 0 Å². The standard InChI is InChI=1S/C12H19BrN3O2.K/c1-16(2,3)15-5-4-6-18-12(17)10-7-11(13)9-14-8-10;/h7-9,15H,4-6H2,1-3H3;/q2*+1. The molecule has 5 nitrogen and oxygen atoms in total. The summed E-state index contributed by atoms with van der Waals surface area (Å²) in [4.78, 5) is 15.6. The van der Waals surface area contributed by atoms with Gasteiger partial charge in [0.25, 0.3) is 0 Å². The SMILES string of the molecule is C[N+](C)(C)NCCCOC(=O)c1cncc(Br)c1.[K+]. The molecule has 0 aromatic carbocycles. The molecule has 1 rings (SSSR count). The van der Waals surface area contributed by atoms with Gasteiger partial charge in [0.15, 0.2) is 0 Å². The summed E-state index contributed by atoms with van der Waals surface area (Å²) >= 11 is 3.26. The average Bonchev–Trinajstić information content (AvgIpc) is 2.26. The molecule has 0 saturated heterocycles. The Bertz CT molecular complexity index is 410. The number of hydrogen-bond acceptors (Lipinski definition) is 4. The van der Waals surface area contributed by atoms with Gasteiger partial charge in [0.1, 0.15) is 0 Å². The number of hydrogen-bond donors (Lipinski definition) is 1. The molecular weight excluding hydrogens is 337 g/mol. The molecule has 0 saturated carbocycles. The van der Waals surface area contributed by atoms with E-state index in [4.69, 9.17) is 4.74 Å². The van der Waals surface area contributed by atoms with E-state index in [0.29, 0.717) is 16.8 Å². The van der Waals surface area contributed by atoms with Crippen molar-refractivity contribution in [1.82, 2.24) is 10.4 Å². The number of carbonyl (C=O) groups is 1. The van der Waals surface area contributed by atoms with Crippen LogP contribution in [0, 0.1) is 0 Å². The van der Waals surface area contributed by atoms with Crippen LogP contribution in [0.1, 0.15) is 16.8 Å². The topological polar surface area (TPSA) is 51.2 Å². The van der Waals surface area contributed by atoms with Crippen molar-refractivity contribution in [3.63, 3.8) is 0 Å². The molecule has 0 unspecified atom stereocenters. The van der Waals surface area contributed by atoms with Crippen molar-refractivity contribution < 1.29 is 65.5 Å². The molecule has 1 aromatic rings. The van der Waals surface area contributed by atoms with Gasteiger partial charge in [0, 0.05) is 23.4 Å². The number of quaternary nitrogens is 1. The Morgan fingerprint density at radius 1 is 1.42 bits per heavy atom. The fraction of sp³-hybridized carbons (Fsp3) is 0.500. The van der Waals surface area contributed by atoms with E-state index in [1.807, 2.05) is 21.1 Å². The van der Waals surface area contributed by atoms with Crippen LogP contribution in [0.3, 0.4) is 0 Å². The van der Waals surface area contributed by atoms with Crippen LogP contribution in [0.15, 0.2) is 22.9 Å². The van der Waals surface area contributed by atoms with Gasteiger partial charge < -0.3 is 4.74 Å². The molecule has 0 radical (unpaired) electrons. The second-order valence-corrected chi connectivity index (χ2v) is 5.72. The molecule has 0 atom stereocenters. The second-order valence-electron chi connectivity index (χ2n) is 4.80. The minimum atomic E-state index is -0.339. The molecule has 19 heavy (non-hydrogen) atoms. The smallest absolute Gasteiger partial charge is 0.462 e. The van der Waals surface area contributed by atoms with Gasteiger partial charge in [0.2, 0.25) is 0 Å². The van der Waals surface area contributed by atoms with E-state index < -0.39 is 0 Å². The van der Waals surface area contributed by atoms with Crippen molar-refractivity contribution in [2.24, 2.45) is 0 Å². The van der Waals surface area contributed by atoms with Crippen LogP contribution in [0.25, 0.3) is 0 Å². The van der Waals surface area contributed by atoms with Gasteiger partial charge in [-0.2, -0.15) is 5.43 Å². The molecule has 1 N–H and O–H groups in total. The zero-order valence-corrected chi connectivity index (χ0v) is 16.7. The first-order chi connectivity index (χ1) is 8.38. The minimum Gasteiger partial charge on any atom is -0.462 e. The van der Waals surface area contributed by atoms with E-state index in [0.717, 1.165) is 17.4 Å². The quantitative estimate of drug-likeness (QED) is 0.224. The number of esters is 1. The predicted octanol–water partition coefficient (Wildman–Crippen LogP) is -1.39. The molecule has 0 amide bonds. The molecule has 0 spiro atoms. The average molecular weight is 356 g/mol. The molecule has 0 aliphatic heterocycles. The Labute approximate surface area is 165 Å². The molecule has 100 valence electrons. The number of nitrogens with zero attached hydrogens (tertiary/aromatic N) is 2. The van der Waals surface area contributed by atoms with E-state index in [-0.39, 0.29) is 57.4 Å². The third kappa shape index (κ3) is 9.25. The first kappa shape index (κ1) is 19.7. The number of halogens is 1. The van der Waals surface area contributed by atoms with Crippen molar-refractivity contribution in [3.8, 4) is 0 Å². The number of nitrogens with one attached hydrogen (secondary N) is 1. The normalized spacial score (nSPS) is 10.7. The van der Waals surface area contributed by atoms with Gasteiger partial charge in [-0.05, 0) is 28.4 Å². The number of aromatic nitrogens is 1. The van der Waals surface area contributed by atoms with E-state index in [2.05, 4.69) is 26.3 Å². The number of rotatable bonds is 6. The summed E-state index contributed by atoms with van der Waals surface area (Å²) < 4.78 is 6.60. The first-order valence-corrected chi connectivity index (χ1v) is 6.52. The zero-order valence-electron chi connectivity index (χ0n) is 11.9. The maximum Gasteiger partial charge on any atom is 1.00 e. The Balaban J connectivity index is 0.00000324. The maximum atomic E-state index is 11.6. The van der Waals surface area contributed by atoms with Gasteiger partial charge in [-0.1, -0.05) is 0 Å². The van der Waals surface area contributed by atoms with Crippen molar-refractivity contribution in [2.75, 3.05) is 34.3 Å². The van der Waals surface area contributed by atoms with Crippen molar-refractivity contribution >= 4 is 21.9 Å². The third-order valence-corrected chi connectivity index (χ3v) is 2.51. The van der Waals surface area contributed by atoms with E-state index in [1.54, 1.807) is 12.3 Å². The Kier molecular flexibility index (Phi) is 9.90. The van der Waals surface area contributed by atoms with E-state index in [1.165, 1.54) is 6.20 Å². The van der Waals surface area contributed by atoms with Gasteiger partial charge in [-0.3, -0.25) is 9.58 Å². The summed E-state index contributed by atoms with van der Waals surface area (Å²) in [7, 11) is 6.12. The summed E-state index contributed by atoms with van der Waals surface area (Å²) in [6.45, 7) is 1.20. The van der Waals surface area contributed by atoms with Gasteiger partial charge >= 0.3 is 57.4 Å². The summed E-state index contributed by atoms with van der Waals surface area (Å²) in [5.41, 5.74) is 3.73. The third-order valence-electron chi connectivity index (χ3n) is 2.08. The van der Waals surface area contributed by atoms with Crippen LogP contribution in [-0.4, -0.2) is 49.8 Å². The van der Waals surface area contributed by atoms with E-state index in [9.17, 15) is 4.79 Å². The van der Waals surface area contributed by atoms with Crippen LogP contribution < -0.4 is 56.8 Å². The number of ether oxygens (including phenoxy) is 1. The molecule has 1 heterocycles. The Morgan fingerprint density at radius 3 is 2.68 bits per heavy atom. The zero-order chi connectivity index (χ0) is 13.6.